The second-order valence-electron chi connectivity index (χ2n) is 4.29. The van der Waals surface area contributed by atoms with Crippen molar-refractivity contribution in [1.29, 1.82) is 0 Å². The fraction of sp³-hybridized carbons (Fsp3) is 0.462. The molecule has 0 saturated carbocycles. The van der Waals surface area contributed by atoms with Gasteiger partial charge in [0, 0.05) is 12.7 Å². The van der Waals surface area contributed by atoms with E-state index in [1.54, 1.807) is 18.0 Å². The number of anilines is 2. The van der Waals surface area contributed by atoms with Crippen LogP contribution in [0.5, 0.6) is 5.75 Å². The van der Waals surface area contributed by atoms with Crippen LogP contribution in [0, 0.1) is 0 Å². The van der Waals surface area contributed by atoms with E-state index in [0.717, 1.165) is 23.4 Å². The zero-order valence-corrected chi connectivity index (χ0v) is 10.5. The first kappa shape index (κ1) is 11.8. The zero-order valence-electron chi connectivity index (χ0n) is 10.5. The van der Waals surface area contributed by atoms with Gasteiger partial charge in [0.15, 0.2) is 6.10 Å². The second-order valence-corrected chi connectivity index (χ2v) is 4.29. The normalized spacial score (nSPS) is 18.9. The number of amides is 1. The molecule has 1 aliphatic rings. The lowest BCUT2D eigenvalue weighted by Gasteiger charge is -2.33. The van der Waals surface area contributed by atoms with Crippen molar-refractivity contribution in [3.05, 3.63) is 17.7 Å². The van der Waals surface area contributed by atoms with E-state index < -0.39 is 0 Å². The smallest absolute Gasteiger partial charge is 0.267 e. The van der Waals surface area contributed by atoms with Crippen molar-refractivity contribution >= 4 is 17.3 Å². The Kier molecular flexibility index (Phi) is 2.96. The van der Waals surface area contributed by atoms with Gasteiger partial charge >= 0.3 is 0 Å². The van der Waals surface area contributed by atoms with E-state index in [1.165, 1.54) is 0 Å². The van der Waals surface area contributed by atoms with Crippen molar-refractivity contribution in [3.63, 3.8) is 0 Å². The molecule has 0 saturated heterocycles. The van der Waals surface area contributed by atoms with Gasteiger partial charge in [0.05, 0.1) is 5.69 Å². The Labute approximate surface area is 101 Å². The summed E-state index contributed by atoms with van der Waals surface area (Å²) in [6, 6.07) is 3.70. The molecule has 4 nitrogen and oxygen atoms in total. The number of benzene rings is 1. The minimum atomic E-state index is -0.374. The van der Waals surface area contributed by atoms with E-state index in [4.69, 9.17) is 10.5 Å². The maximum atomic E-state index is 12.0. The minimum absolute atomic E-state index is 0.00680. The molecule has 1 aromatic rings. The van der Waals surface area contributed by atoms with E-state index in [0.29, 0.717) is 12.1 Å². The van der Waals surface area contributed by atoms with Crippen LogP contribution in [0.3, 0.4) is 0 Å². The van der Waals surface area contributed by atoms with Crippen molar-refractivity contribution in [2.45, 2.75) is 32.8 Å². The van der Waals surface area contributed by atoms with Crippen LogP contribution in [0.15, 0.2) is 12.1 Å². The molecule has 2 rings (SSSR count). The molecule has 0 fully saturated rings. The summed E-state index contributed by atoms with van der Waals surface area (Å²) >= 11 is 0. The predicted octanol–water partition coefficient (Wildman–Crippen LogP) is 1.97. The highest BCUT2D eigenvalue weighted by Gasteiger charge is 2.32. The fourth-order valence-corrected chi connectivity index (χ4v) is 2.13. The molecule has 0 aromatic heterocycles. The molecule has 2 N–H and O–H groups in total. The van der Waals surface area contributed by atoms with Crippen molar-refractivity contribution in [2.75, 3.05) is 17.7 Å². The molecule has 92 valence electrons. The summed E-state index contributed by atoms with van der Waals surface area (Å²) in [6.45, 7) is 4.00. The lowest BCUT2D eigenvalue weighted by Crippen LogP contribution is -2.43. The molecule has 1 amide bonds. The van der Waals surface area contributed by atoms with E-state index in [9.17, 15) is 4.79 Å². The van der Waals surface area contributed by atoms with Gasteiger partial charge in [0.25, 0.3) is 5.91 Å². The second kappa shape index (κ2) is 4.28. The Bertz CT molecular complexity index is 457. The number of hydrogen-bond acceptors (Lipinski definition) is 3. The van der Waals surface area contributed by atoms with Gasteiger partial charge in [-0.05, 0) is 30.5 Å². The highest BCUT2D eigenvalue weighted by atomic mass is 16.5. The first-order valence-electron chi connectivity index (χ1n) is 5.95. The quantitative estimate of drug-likeness (QED) is 0.796. The Morgan fingerprint density at radius 2 is 2.12 bits per heavy atom. The van der Waals surface area contributed by atoms with Crippen LogP contribution in [-0.4, -0.2) is 19.1 Å². The van der Waals surface area contributed by atoms with Crippen LogP contribution < -0.4 is 15.4 Å². The van der Waals surface area contributed by atoms with E-state index in [1.807, 2.05) is 13.0 Å². The number of fused-ring (bicyclic) bond motifs is 1. The average Bonchev–Trinajstić information content (AvgIpc) is 2.33. The average molecular weight is 234 g/mol. The highest BCUT2D eigenvalue weighted by Crippen LogP contribution is 2.39. The van der Waals surface area contributed by atoms with Crippen molar-refractivity contribution < 1.29 is 9.53 Å². The lowest BCUT2D eigenvalue weighted by molar-refractivity contribution is -0.126. The van der Waals surface area contributed by atoms with Gasteiger partial charge in [0.1, 0.15) is 5.75 Å². The van der Waals surface area contributed by atoms with Gasteiger partial charge < -0.3 is 15.4 Å². The number of likely N-dealkylation sites (N-methyl/N-ethyl adjacent to an activating group) is 1. The maximum Gasteiger partial charge on any atom is 0.267 e. The van der Waals surface area contributed by atoms with E-state index in [-0.39, 0.29) is 12.0 Å². The Balaban J connectivity index is 2.55. The fourth-order valence-electron chi connectivity index (χ4n) is 2.13. The summed E-state index contributed by atoms with van der Waals surface area (Å²) in [7, 11) is 1.77. The Hall–Kier alpha value is -1.71. The molecule has 17 heavy (non-hydrogen) atoms. The molecule has 4 heteroatoms. The highest BCUT2D eigenvalue weighted by molar-refractivity contribution is 6.00. The first-order chi connectivity index (χ1) is 8.08. The monoisotopic (exact) mass is 234 g/mol. The third kappa shape index (κ3) is 1.84. The van der Waals surface area contributed by atoms with Crippen molar-refractivity contribution in [1.82, 2.24) is 0 Å². The van der Waals surface area contributed by atoms with Crippen LogP contribution in [0.2, 0.25) is 0 Å². The molecule has 1 heterocycles. The standard InChI is InChI=1S/C13H18N2O2/c1-4-8-6-9(14)7-10-12(8)17-11(5-2)13(16)15(10)3/h6-7,11H,4-5,14H2,1-3H3. The van der Waals surface area contributed by atoms with Gasteiger partial charge in [-0.1, -0.05) is 13.8 Å². The summed E-state index contributed by atoms with van der Waals surface area (Å²) < 4.78 is 5.79. The molecular formula is C13H18N2O2. The number of rotatable bonds is 2. The summed E-state index contributed by atoms with van der Waals surface area (Å²) in [5.41, 5.74) is 8.33. The Morgan fingerprint density at radius 1 is 1.41 bits per heavy atom. The summed E-state index contributed by atoms with van der Waals surface area (Å²) in [5.74, 6) is 0.795. The molecule has 1 aliphatic heterocycles. The summed E-state index contributed by atoms with van der Waals surface area (Å²) in [5, 5.41) is 0. The SMILES string of the molecule is CCc1cc(N)cc2c1OC(CC)C(=O)N2C. The van der Waals surface area contributed by atoms with E-state index in [2.05, 4.69) is 6.92 Å². The number of nitrogens with zero attached hydrogens (tertiary/aromatic N) is 1. The van der Waals surface area contributed by atoms with Gasteiger partial charge in [-0.15, -0.1) is 0 Å². The van der Waals surface area contributed by atoms with Crippen LogP contribution in [-0.2, 0) is 11.2 Å². The van der Waals surface area contributed by atoms with Crippen LogP contribution in [0.1, 0.15) is 25.8 Å². The van der Waals surface area contributed by atoms with Crippen LogP contribution in [0.25, 0.3) is 0 Å². The number of nitrogen functional groups attached to an aromatic ring is 1. The third-order valence-corrected chi connectivity index (χ3v) is 3.15. The molecule has 0 radical (unpaired) electrons. The lowest BCUT2D eigenvalue weighted by atomic mass is 10.1. The summed E-state index contributed by atoms with van der Waals surface area (Å²) in [6.07, 6.45) is 1.14. The molecule has 0 aliphatic carbocycles. The number of nitrogens with two attached hydrogens (primary N) is 1. The van der Waals surface area contributed by atoms with Crippen molar-refractivity contribution in [2.24, 2.45) is 0 Å². The van der Waals surface area contributed by atoms with Gasteiger partial charge in [-0.3, -0.25) is 4.79 Å². The maximum absolute atomic E-state index is 12.0. The number of ether oxygens (including phenoxy) is 1. The Morgan fingerprint density at radius 3 is 2.71 bits per heavy atom. The largest absolute Gasteiger partial charge is 0.478 e. The minimum Gasteiger partial charge on any atom is -0.478 e. The predicted molar refractivity (Wildman–Crippen MR) is 68.3 cm³/mol. The molecule has 0 bridgehead atoms. The zero-order chi connectivity index (χ0) is 12.6. The molecular weight excluding hydrogens is 216 g/mol. The van der Waals surface area contributed by atoms with Gasteiger partial charge in [-0.25, -0.2) is 0 Å². The number of hydrogen-bond donors (Lipinski definition) is 1. The number of aryl methyl sites for hydroxylation is 1. The van der Waals surface area contributed by atoms with Gasteiger partial charge in [0.2, 0.25) is 0 Å². The van der Waals surface area contributed by atoms with Crippen molar-refractivity contribution in [3.8, 4) is 5.75 Å². The number of carbonyl (C=O) groups is 1. The molecule has 1 unspecified atom stereocenters. The number of carbonyl (C=O) groups excluding carboxylic acids is 1. The van der Waals surface area contributed by atoms with Gasteiger partial charge in [-0.2, -0.15) is 0 Å². The van der Waals surface area contributed by atoms with Crippen LogP contribution in [0.4, 0.5) is 11.4 Å². The topological polar surface area (TPSA) is 55.6 Å². The molecule has 0 spiro atoms. The first-order valence-corrected chi connectivity index (χ1v) is 5.95. The molecule has 1 aromatic carbocycles. The summed E-state index contributed by atoms with van der Waals surface area (Å²) in [4.78, 5) is 13.6. The van der Waals surface area contributed by atoms with Crippen LogP contribution >= 0.6 is 0 Å². The van der Waals surface area contributed by atoms with E-state index >= 15 is 0 Å². The molecule has 1 atom stereocenters. The third-order valence-electron chi connectivity index (χ3n) is 3.15.